The molecule has 39 heavy (non-hydrogen) atoms. The largest absolute Gasteiger partial charge is 0.395 e. The maximum Gasteiger partial charge on any atom is 0.336 e. The number of benzene rings is 2. The SMILES string of the molecule is Cc1c(=O)n(C)c(Nc2ccc(I)cc2F)c2c(=O)n(CCO)c(=O)n(-c3cccc(C(=O)NC4CC4)c3)c12. The Labute approximate surface area is 234 Å². The smallest absolute Gasteiger partial charge is 0.336 e. The van der Waals surface area contributed by atoms with Crippen LogP contribution in [0.2, 0.25) is 0 Å². The third-order valence-electron chi connectivity index (χ3n) is 6.68. The van der Waals surface area contributed by atoms with Gasteiger partial charge in [-0.05, 0) is 78.8 Å². The summed E-state index contributed by atoms with van der Waals surface area (Å²) >= 11 is 1.97. The van der Waals surface area contributed by atoms with E-state index in [1.807, 2.05) is 22.6 Å². The number of fused-ring (bicyclic) bond motifs is 1. The molecule has 10 nitrogen and oxygen atoms in total. The van der Waals surface area contributed by atoms with Crippen molar-refractivity contribution in [1.29, 1.82) is 0 Å². The first-order valence-electron chi connectivity index (χ1n) is 12.3. The number of hydrogen-bond acceptors (Lipinski definition) is 6. The van der Waals surface area contributed by atoms with E-state index in [0.717, 1.165) is 17.4 Å². The van der Waals surface area contributed by atoms with Crippen LogP contribution in [0.5, 0.6) is 0 Å². The number of aliphatic hydroxyl groups is 1. The number of carbonyl (C=O) groups excluding carboxylic acids is 1. The van der Waals surface area contributed by atoms with Crippen LogP contribution in [0.4, 0.5) is 15.9 Å². The van der Waals surface area contributed by atoms with Crippen LogP contribution in [-0.4, -0.2) is 37.4 Å². The fourth-order valence-corrected chi connectivity index (χ4v) is 4.98. The van der Waals surface area contributed by atoms with Gasteiger partial charge in [0.2, 0.25) is 0 Å². The van der Waals surface area contributed by atoms with E-state index in [2.05, 4.69) is 10.6 Å². The molecule has 0 bridgehead atoms. The molecule has 0 atom stereocenters. The molecule has 1 aliphatic rings. The number of pyridine rings is 1. The minimum absolute atomic E-state index is 0.0196. The Hall–Kier alpha value is -3.78. The van der Waals surface area contributed by atoms with Crippen LogP contribution in [0, 0.1) is 16.3 Å². The number of anilines is 2. The van der Waals surface area contributed by atoms with Gasteiger partial charge in [0.1, 0.15) is 17.0 Å². The predicted molar refractivity (Wildman–Crippen MR) is 154 cm³/mol. The molecule has 1 aliphatic carbocycles. The predicted octanol–water partition coefficient (Wildman–Crippen LogP) is 2.53. The van der Waals surface area contributed by atoms with Crippen molar-refractivity contribution in [3.63, 3.8) is 0 Å². The number of amides is 1. The Balaban J connectivity index is 1.84. The van der Waals surface area contributed by atoms with Gasteiger partial charge in [-0.2, -0.15) is 0 Å². The Bertz CT molecular complexity index is 1820. The molecule has 0 aliphatic heterocycles. The van der Waals surface area contributed by atoms with Gasteiger partial charge in [-0.3, -0.25) is 28.1 Å². The highest BCUT2D eigenvalue weighted by atomic mass is 127. The van der Waals surface area contributed by atoms with E-state index in [4.69, 9.17) is 0 Å². The lowest BCUT2D eigenvalue weighted by molar-refractivity contribution is 0.0951. The molecule has 0 saturated heterocycles. The Kier molecular flexibility index (Phi) is 7.16. The fourth-order valence-electron chi connectivity index (χ4n) is 4.53. The first-order chi connectivity index (χ1) is 18.6. The number of rotatable bonds is 7. The Morgan fingerprint density at radius 2 is 1.87 bits per heavy atom. The van der Waals surface area contributed by atoms with Crippen LogP contribution in [0.3, 0.4) is 0 Å². The van der Waals surface area contributed by atoms with E-state index in [-0.39, 0.29) is 52.2 Å². The van der Waals surface area contributed by atoms with Gasteiger partial charge in [-0.1, -0.05) is 6.07 Å². The summed E-state index contributed by atoms with van der Waals surface area (Å²) in [6.45, 7) is 0.688. The summed E-state index contributed by atoms with van der Waals surface area (Å²) in [4.78, 5) is 53.5. The molecule has 5 rings (SSSR count). The Morgan fingerprint density at radius 3 is 2.54 bits per heavy atom. The lowest BCUT2D eigenvalue weighted by atomic mass is 10.1. The molecular weight excluding hydrogens is 620 g/mol. The van der Waals surface area contributed by atoms with Gasteiger partial charge >= 0.3 is 5.69 Å². The van der Waals surface area contributed by atoms with Crippen molar-refractivity contribution in [2.75, 3.05) is 11.9 Å². The number of hydrogen-bond donors (Lipinski definition) is 3. The topological polar surface area (TPSA) is 127 Å². The van der Waals surface area contributed by atoms with Gasteiger partial charge in [-0.15, -0.1) is 0 Å². The summed E-state index contributed by atoms with van der Waals surface area (Å²) in [7, 11) is 1.44. The van der Waals surface area contributed by atoms with E-state index >= 15 is 0 Å². The summed E-state index contributed by atoms with van der Waals surface area (Å²) in [5, 5.41) is 15.4. The second kappa shape index (κ2) is 10.4. The molecule has 1 fully saturated rings. The summed E-state index contributed by atoms with van der Waals surface area (Å²) in [6, 6.07) is 10.9. The average molecular weight is 645 g/mol. The van der Waals surface area contributed by atoms with Crippen molar-refractivity contribution < 1.29 is 14.3 Å². The standard InChI is InChI=1S/C27H25FIN5O5/c1-14-22-21(23(32(2)25(14)37)31-20-9-6-16(29)13-19(20)28)26(38)33(10-11-35)27(39)34(22)18-5-3-4-15(12-18)24(36)30-17-7-8-17/h3-6,9,12-13,17,31,35H,7-8,10-11H2,1-2H3,(H,30,36). The third kappa shape index (κ3) is 4.89. The zero-order chi connectivity index (χ0) is 28.0. The molecule has 4 aromatic rings. The molecule has 1 saturated carbocycles. The number of nitrogens with one attached hydrogen (secondary N) is 2. The van der Waals surface area contributed by atoms with Crippen molar-refractivity contribution in [3.8, 4) is 5.69 Å². The fraction of sp³-hybridized carbons (Fsp3) is 0.259. The zero-order valence-corrected chi connectivity index (χ0v) is 23.3. The first kappa shape index (κ1) is 26.8. The van der Waals surface area contributed by atoms with Crippen LogP contribution in [0.15, 0.2) is 56.8 Å². The normalized spacial score (nSPS) is 13.1. The quantitative estimate of drug-likeness (QED) is 0.266. The zero-order valence-electron chi connectivity index (χ0n) is 21.1. The van der Waals surface area contributed by atoms with E-state index in [9.17, 15) is 28.7 Å². The molecule has 3 N–H and O–H groups in total. The number of aliphatic hydroxyl groups excluding tert-OH is 1. The molecule has 2 heterocycles. The number of nitrogens with zero attached hydrogens (tertiary/aromatic N) is 3. The summed E-state index contributed by atoms with van der Waals surface area (Å²) < 4.78 is 18.7. The average Bonchev–Trinajstić information content (AvgIpc) is 3.73. The van der Waals surface area contributed by atoms with E-state index < -0.39 is 29.2 Å². The highest BCUT2D eigenvalue weighted by molar-refractivity contribution is 14.1. The monoisotopic (exact) mass is 645 g/mol. The molecule has 1 amide bonds. The molecule has 0 radical (unpaired) electrons. The van der Waals surface area contributed by atoms with Crippen LogP contribution in [0.1, 0.15) is 28.8 Å². The summed E-state index contributed by atoms with van der Waals surface area (Å²) in [6.07, 6.45) is 1.81. The van der Waals surface area contributed by atoms with Gasteiger partial charge in [0.05, 0.1) is 30.0 Å². The van der Waals surface area contributed by atoms with Crippen molar-refractivity contribution in [1.82, 2.24) is 19.0 Å². The van der Waals surface area contributed by atoms with Crippen molar-refractivity contribution >= 4 is 50.9 Å². The lowest BCUT2D eigenvalue weighted by Gasteiger charge is -2.20. The maximum atomic E-state index is 14.8. The highest BCUT2D eigenvalue weighted by Gasteiger charge is 2.26. The van der Waals surface area contributed by atoms with Gasteiger partial charge in [0.15, 0.2) is 0 Å². The number of aryl methyl sites for hydroxylation is 1. The van der Waals surface area contributed by atoms with Crippen LogP contribution < -0.4 is 27.4 Å². The van der Waals surface area contributed by atoms with Crippen molar-refractivity contribution in [2.24, 2.45) is 7.05 Å². The molecular formula is C27H25FIN5O5. The molecule has 2 aromatic heterocycles. The number of carbonyl (C=O) groups is 1. The van der Waals surface area contributed by atoms with Gasteiger partial charge in [0.25, 0.3) is 17.0 Å². The maximum absolute atomic E-state index is 14.8. The van der Waals surface area contributed by atoms with E-state index in [1.165, 1.54) is 41.3 Å². The number of halogens is 2. The second-order valence-electron chi connectivity index (χ2n) is 9.41. The summed E-state index contributed by atoms with van der Waals surface area (Å²) in [5.74, 6) is -0.917. The second-order valence-corrected chi connectivity index (χ2v) is 10.7. The van der Waals surface area contributed by atoms with Crippen LogP contribution in [-0.2, 0) is 13.6 Å². The Morgan fingerprint density at radius 1 is 1.13 bits per heavy atom. The van der Waals surface area contributed by atoms with E-state index in [1.54, 1.807) is 24.3 Å². The third-order valence-corrected chi connectivity index (χ3v) is 7.35. The molecule has 0 spiro atoms. The minimum Gasteiger partial charge on any atom is -0.395 e. The highest BCUT2D eigenvalue weighted by Crippen LogP contribution is 2.27. The van der Waals surface area contributed by atoms with Crippen LogP contribution >= 0.6 is 22.6 Å². The number of aromatic nitrogens is 3. The van der Waals surface area contributed by atoms with Gasteiger partial charge < -0.3 is 15.7 Å². The van der Waals surface area contributed by atoms with Gasteiger partial charge in [0, 0.05) is 27.8 Å². The molecule has 12 heteroatoms. The molecule has 2 aromatic carbocycles. The van der Waals surface area contributed by atoms with Gasteiger partial charge in [-0.25, -0.2) is 9.18 Å². The lowest BCUT2D eigenvalue weighted by Crippen LogP contribution is -2.42. The molecule has 0 unspecified atom stereocenters. The van der Waals surface area contributed by atoms with E-state index in [0.29, 0.717) is 9.13 Å². The van der Waals surface area contributed by atoms with Crippen molar-refractivity contribution in [3.05, 3.63) is 94.2 Å². The minimum atomic E-state index is -0.788. The first-order valence-corrected chi connectivity index (χ1v) is 13.3. The van der Waals surface area contributed by atoms with Crippen LogP contribution in [0.25, 0.3) is 16.6 Å². The summed E-state index contributed by atoms with van der Waals surface area (Å²) in [5.41, 5.74) is -1.33. The van der Waals surface area contributed by atoms with Crippen molar-refractivity contribution in [2.45, 2.75) is 32.4 Å². The molecule has 202 valence electrons.